The van der Waals surface area contributed by atoms with Gasteiger partial charge in [-0.1, -0.05) is 53.5 Å². The second kappa shape index (κ2) is 11.0. The molecule has 4 rings (SSSR count). The topological polar surface area (TPSA) is 94.0 Å². The maximum Gasteiger partial charge on any atom is 0.258 e. The first kappa shape index (κ1) is 22.8. The summed E-state index contributed by atoms with van der Waals surface area (Å²) in [5.41, 5.74) is 1.95. The molecule has 2 aromatic carbocycles. The molecule has 4 aromatic rings. The van der Waals surface area contributed by atoms with E-state index >= 15 is 0 Å². The molecule has 0 atom stereocenters. The molecule has 170 valence electrons. The van der Waals surface area contributed by atoms with Gasteiger partial charge in [0.1, 0.15) is 17.9 Å². The molecule has 0 aliphatic carbocycles. The van der Waals surface area contributed by atoms with E-state index in [1.807, 2.05) is 18.2 Å². The van der Waals surface area contributed by atoms with Crippen molar-refractivity contribution < 1.29 is 9.53 Å². The van der Waals surface area contributed by atoms with Gasteiger partial charge in [-0.25, -0.2) is 14.6 Å². The molecule has 8 nitrogen and oxygen atoms in total. The van der Waals surface area contributed by atoms with Gasteiger partial charge in [0, 0.05) is 18.1 Å². The largest absolute Gasteiger partial charge is 0.482 e. The Morgan fingerprint density at radius 2 is 1.91 bits per heavy atom. The summed E-state index contributed by atoms with van der Waals surface area (Å²) < 4.78 is 7.18. The van der Waals surface area contributed by atoms with Gasteiger partial charge in [0.05, 0.1) is 23.2 Å². The number of nitrogens with zero attached hydrogens (tertiary/aromatic N) is 4. The van der Waals surface area contributed by atoms with Crippen LogP contribution in [0.1, 0.15) is 5.56 Å². The van der Waals surface area contributed by atoms with E-state index < -0.39 is 0 Å². The summed E-state index contributed by atoms with van der Waals surface area (Å²) in [4.78, 5) is 20.8. The number of hydrogen-bond acceptors (Lipinski definition) is 6. The smallest absolute Gasteiger partial charge is 0.258 e. The molecule has 0 unspecified atom stereocenters. The Morgan fingerprint density at radius 1 is 1.06 bits per heavy atom. The average molecular weight is 485 g/mol. The highest BCUT2D eigenvalue weighted by Gasteiger charge is 2.11. The second-order valence-electron chi connectivity index (χ2n) is 7.20. The van der Waals surface area contributed by atoms with Crippen LogP contribution in [0.5, 0.6) is 5.75 Å². The predicted octanol–water partition coefficient (Wildman–Crippen LogP) is 3.98. The quantitative estimate of drug-likeness (QED) is 0.353. The van der Waals surface area contributed by atoms with E-state index in [4.69, 9.17) is 27.9 Å². The summed E-state index contributed by atoms with van der Waals surface area (Å²) in [6.45, 7) is 1.42. The van der Waals surface area contributed by atoms with E-state index in [1.54, 1.807) is 29.1 Å². The molecule has 0 saturated heterocycles. The number of carbonyl (C=O) groups excluding carboxylic acids is 1. The summed E-state index contributed by atoms with van der Waals surface area (Å²) in [5.74, 6) is 0.869. The van der Waals surface area contributed by atoms with Crippen LogP contribution in [0.15, 0.2) is 61.1 Å². The lowest BCUT2D eigenvalue weighted by atomic mass is 10.1. The average Bonchev–Trinajstić information content (AvgIpc) is 3.23. The molecule has 1 amide bonds. The van der Waals surface area contributed by atoms with Crippen LogP contribution in [0, 0.1) is 0 Å². The Kier molecular flexibility index (Phi) is 7.59. The maximum atomic E-state index is 12.1. The van der Waals surface area contributed by atoms with E-state index in [1.165, 1.54) is 11.9 Å². The van der Waals surface area contributed by atoms with Crippen LogP contribution in [0.25, 0.3) is 11.0 Å². The number of ether oxygens (including phenoxy) is 1. The Balaban J connectivity index is 1.27. The summed E-state index contributed by atoms with van der Waals surface area (Å²) in [7, 11) is 0. The molecule has 2 N–H and O–H groups in total. The zero-order valence-electron chi connectivity index (χ0n) is 17.7. The molecule has 0 fully saturated rings. The third-order valence-electron chi connectivity index (χ3n) is 4.88. The van der Waals surface area contributed by atoms with Crippen LogP contribution < -0.4 is 15.4 Å². The molecule has 0 spiro atoms. The number of nitrogens with one attached hydrogen (secondary N) is 2. The predicted molar refractivity (Wildman–Crippen MR) is 129 cm³/mol. The number of rotatable bonds is 10. The highest BCUT2D eigenvalue weighted by Crippen LogP contribution is 2.27. The number of aromatic nitrogens is 4. The fraction of sp³-hybridized carbons (Fsp3) is 0.217. The van der Waals surface area contributed by atoms with E-state index in [0.717, 1.165) is 24.2 Å². The first-order valence-corrected chi connectivity index (χ1v) is 11.1. The molecule has 0 saturated carbocycles. The van der Waals surface area contributed by atoms with Crippen LogP contribution in [-0.4, -0.2) is 45.4 Å². The van der Waals surface area contributed by atoms with Gasteiger partial charge >= 0.3 is 0 Å². The Bertz CT molecular complexity index is 1230. The van der Waals surface area contributed by atoms with Crippen molar-refractivity contribution in [1.29, 1.82) is 0 Å². The second-order valence-corrected chi connectivity index (χ2v) is 8.05. The Labute approximate surface area is 200 Å². The van der Waals surface area contributed by atoms with Crippen molar-refractivity contribution >= 4 is 46.0 Å². The maximum absolute atomic E-state index is 12.1. The van der Waals surface area contributed by atoms with Crippen molar-refractivity contribution in [3.8, 4) is 5.75 Å². The van der Waals surface area contributed by atoms with Crippen LogP contribution in [0.2, 0.25) is 10.0 Å². The molecular weight excluding hydrogens is 463 g/mol. The zero-order valence-corrected chi connectivity index (χ0v) is 19.2. The highest BCUT2D eigenvalue weighted by molar-refractivity contribution is 6.35. The fourth-order valence-electron chi connectivity index (χ4n) is 3.26. The monoisotopic (exact) mass is 484 g/mol. The van der Waals surface area contributed by atoms with Crippen LogP contribution in [-0.2, 0) is 17.8 Å². The van der Waals surface area contributed by atoms with E-state index in [9.17, 15) is 4.79 Å². The number of hydrogen-bond donors (Lipinski definition) is 2. The Morgan fingerprint density at radius 3 is 2.73 bits per heavy atom. The third-order valence-corrected chi connectivity index (χ3v) is 5.41. The van der Waals surface area contributed by atoms with Crippen molar-refractivity contribution in [2.75, 3.05) is 25.0 Å². The van der Waals surface area contributed by atoms with Gasteiger partial charge in [0.2, 0.25) is 0 Å². The van der Waals surface area contributed by atoms with Crippen molar-refractivity contribution in [3.63, 3.8) is 0 Å². The van der Waals surface area contributed by atoms with Crippen LogP contribution in [0.4, 0.5) is 5.82 Å². The number of anilines is 1. The number of benzene rings is 2. The summed E-state index contributed by atoms with van der Waals surface area (Å²) >= 11 is 11.9. The first-order valence-electron chi connectivity index (χ1n) is 10.4. The zero-order chi connectivity index (χ0) is 23.0. The van der Waals surface area contributed by atoms with E-state index in [2.05, 4.69) is 37.8 Å². The molecule has 0 aliphatic heterocycles. The number of carbonyl (C=O) groups is 1. The summed E-state index contributed by atoms with van der Waals surface area (Å²) in [6.07, 6.45) is 4.12. The van der Waals surface area contributed by atoms with E-state index in [-0.39, 0.29) is 12.5 Å². The van der Waals surface area contributed by atoms with Crippen molar-refractivity contribution in [2.24, 2.45) is 0 Å². The molecule has 2 aromatic heterocycles. The van der Waals surface area contributed by atoms with Gasteiger partial charge in [0.15, 0.2) is 12.3 Å². The van der Waals surface area contributed by atoms with Gasteiger partial charge in [-0.3, -0.25) is 4.79 Å². The Hall–Kier alpha value is -3.36. The third kappa shape index (κ3) is 6.12. The molecule has 0 bridgehead atoms. The van der Waals surface area contributed by atoms with Gasteiger partial charge < -0.3 is 15.4 Å². The molecule has 2 heterocycles. The lowest BCUT2D eigenvalue weighted by Gasteiger charge is -2.09. The molecule has 0 aliphatic rings. The summed E-state index contributed by atoms with van der Waals surface area (Å²) in [5, 5.41) is 12.2. The number of fused-ring (bicyclic) bond motifs is 1. The lowest BCUT2D eigenvalue weighted by Crippen LogP contribution is -2.31. The minimum absolute atomic E-state index is 0.154. The normalized spacial score (nSPS) is 10.8. The minimum Gasteiger partial charge on any atom is -0.482 e. The summed E-state index contributed by atoms with van der Waals surface area (Å²) in [6, 6.07) is 15.1. The molecule has 33 heavy (non-hydrogen) atoms. The van der Waals surface area contributed by atoms with Crippen molar-refractivity contribution in [1.82, 2.24) is 25.1 Å². The van der Waals surface area contributed by atoms with Crippen molar-refractivity contribution in [2.45, 2.75) is 13.0 Å². The number of amides is 1. The minimum atomic E-state index is -0.268. The van der Waals surface area contributed by atoms with E-state index in [0.29, 0.717) is 34.5 Å². The SMILES string of the molecule is O=C(COc1ccc(Cl)cc1Cl)NCCn1ncc2c(NCCc3ccccc3)ncnc21. The molecule has 10 heteroatoms. The van der Waals surface area contributed by atoms with Crippen LogP contribution in [0.3, 0.4) is 0 Å². The highest BCUT2D eigenvalue weighted by atomic mass is 35.5. The molecular formula is C23H22Cl2N6O2. The van der Waals surface area contributed by atoms with Gasteiger partial charge in [-0.15, -0.1) is 0 Å². The molecule has 0 radical (unpaired) electrons. The lowest BCUT2D eigenvalue weighted by molar-refractivity contribution is -0.123. The van der Waals surface area contributed by atoms with Crippen LogP contribution >= 0.6 is 23.2 Å². The van der Waals surface area contributed by atoms with Gasteiger partial charge in [0.25, 0.3) is 5.91 Å². The van der Waals surface area contributed by atoms with Gasteiger partial charge in [-0.05, 0) is 30.2 Å². The fourth-order valence-corrected chi connectivity index (χ4v) is 3.72. The van der Waals surface area contributed by atoms with Gasteiger partial charge in [-0.2, -0.15) is 5.10 Å². The number of halogens is 2. The standard InChI is InChI=1S/C23H22Cl2N6O2/c24-17-6-7-20(19(25)12-17)33-14-21(32)26-10-11-31-23-18(13-30-31)22(28-15-29-23)27-9-8-16-4-2-1-3-5-16/h1-7,12-13,15H,8-11,14H2,(H,26,32)(H,27,28,29). The van der Waals surface area contributed by atoms with Crippen molar-refractivity contribution in [3.05, 3.63) is 76.7 Å². The first-order chi connectivity index (χ1) is 16.1.